The lowest BCUT2D eigenvalue weighted by molar-refractivity contribution is 0.155. The van der Waals surface area contributed by atoms with Crippen molar-refractivity contribution in [2.75, 3.05) is 27.3 Å². The van der Waals surface area contributed by atoms with Gasteiger partial charge in [0.2, 0.25) is 10.8 Å². The third kappa shape index (κ3) is 3.31. The van der Waals surface area contributed by atoms with Gasteiger partial charge in [-0.2, -0.15) is 4.52 Å². The van der Waals surface area contributed by atoms with E-state index in [0.29, 0.717) is 16.7 Å². The Bertz CT molecular complexity index is 975. The predicted octanol–water partition coefficient (Wildman–Crippen LogP) is 3.64. The average molecular weight is 403 g/mol. The quantitative estimate of drug-likeness (QED) is 0.702. The molecule has 2 aromatic heterocycles. The molecule has 0 aliphatic carbocycles. The number of ether oxygens (including phenoxy) is 2. The molecule has 0 spiro atoms. The van der Waals surface area contributed by atoms with Crippen molar-refractivity contribution in [3.63, 3.8) is 0 Å². The van der Waals surface area contributed by atoms with Gasteiger partial charge in [-0.3, -0.25) is 4.90 Å². The van der Waals surface area contributed by atoms with Crippen molar-refractivity contribution in [3.05, 3.63) is 34.5 Å². The summed E-state index contributed by atoms with van der Waals surface area (Å²) in [5.41, 5.74) is 1.01. The van der Waals surface area contributed by atoms with E-state index in [1.54, 1.807) is 14.2 Å². The van der Waals surface area contributed by atoms with Crippen LogP contribution in [0.1, 0.15) is 42.1 Å². The van der Waals surface area contributed by atoms with Gasteiger partial charge in [0.1, 0.15) is 17.3 Å². The smallest absolute Gasteiger partial charge is 0.230 e. The van der Waals surface area contributed by atoms with Gasteiger partial charge in [-0.1, -0.05) is 18.3 Å². The van der Waals surface area contributed by atoms with Gasteiger partial charge >= 0.3 is 0 Å². The van der Waals surface area contributed by atoms with E-state index in [1.807, 2.05) is 25.1 Å². The molecule has 4 rings (SSSR count). The number of aromatic hydroxyl groups is 1. The summed E-state index contributed by atoms with van der Waals surface area (Å²) in [5.74, 6) is 3.01. The monoisotopic (exact) mass is 402 g/mol. The fourth-order valence-electron chi connectivity index (χ4n) is 3.86. The third-order valence-electron chi connectivity index (χ3n) is 5.47. The molecule has 0 radical (unpaired) electrons. The maximum atomic E-state index is 11.0. The SMILES string of the molecule is COc1ccc([C@@H](c2sc3nc(C)nn3c2O)N2CCC(C)CC2)c(OC)c1. The normalized spacial score (nSPS) is 17.1. The Balaban J connectivity index is 1.84. The molecule has 1 atom stereocenters. The number of benzene rings is 1. The second-order valence-corrected chi connectivity index (χ2v) is 8.38. The third-order valence-corrected chi connectivity index (χ3v) is 6.55. The van der Waals surface area contributed by atoms with Crippen LogP contribution in [0.3, 0.4) is 0 Å². The van der Waals surface area contributed by atoms with E-state index in [1.165, 1.54) is 15.9 Å². The number of rotatable bonds is 5. The number of thiazole rings is 1. The van der Waals surface area contributed by atoms with E-state index in [0.717, 1.165) is 47.9 Å². The van der Waals surface area contributed by atoms with Crippen LogP contribution in [0.4, 0.5) is 0 Å². The first-order valence-electron chi connectivity index (χ1n) is 9.52. The Morgan fingerprint density at radius 1 is 1.21 bits per heavy atom. The molecular formula is C20H26N4O3S. The van der Waals surface area contributed by atoms with Crippen molar-refractivity contribution >= 4 is 16.3 Å². The van der Waals surface area contributed by atoms with Crippen LogP contribution in [-0.4, -0.2) is 51.9 Å². The molecular weight excluding hydrogens is 376 g/mol. The largest absolute Gasteiger partial charge is 0.497 e. The summed E-state index contributed by atoms with van der Waals surface area (Å²) in [6, 6.07) is 5.74. The number of hydrogen-bond acceptors (Lipinski definition) is 7. The standard InChI is InChI=1S/C20H26N4O3S/c1-12-7-9-23(10-8-12)17(15-6-5-14(26-3)11-16(15)27-4)18-19(25)24-20(28-18)21-13(2)22-24/h5-6,11-12,17,25H,7-10H2,1-4H3/t17-/m0/s1. The van der Waals surface area contributed by atoms with E-state index in [2.05, 4.69) is 21.9 Å². The molecule has 1 aliphatic heterocycles. The fraction of sp³-hybridized carbons (Fsp3) is 0.500. The minimum Gasteiger partial charge on any atom is -0.497 e. The minimum absolute atomic E-state index is 0.123. The zero-order valence-corrected chi connectivity index (χ0v) is 17.5. The molecule has 7 nitrogen and oxygen atoms in total. The van der Waals surface area contributed by atoms with Crippen molar-refractivity contribution in [1.29, 1.82) is 0 Å². The highest BCUT2D eigenvalue weighted by Crippen LogP contribution is 2.44. The van der Waals surface area contributed by atoms with Crippen LogP contribution < -0.4 is 9.47 Å². The summed E-state index contributed by atoms with van der Waals surface area (Å²) < 4.78 is 12.6. The number of methoxy groups -OCH3 is 2. The van der Waals surface area contributed by atoms with Gasteiger partial charge in [-0.05, 0) is 50.9 Å². The van der Waals surface area contributed by atoms with E-state index < -0.39 is 0 Å². The first-order valence-corrected chi connectivity index (χ1v) is 10.3. The van der Waals surface area contributed by atoms with Crippen LogP contribution in [-0.2, 0) is 0 Å². The predicted molar refractivity (Wildman–Crippen MR) is 109 cm³/mol. The summed E-state index contributed by atoms with van der Waals surface area (Å²) >= 11 is 1.48. The first kappa shape index (κ1) is 19.0. The number of nitrogens with zero attached hydrogens (tertiary/aromatic N) is 4. The minimum atomic E-state index is -0.123. The average Bonchev–Trinajstić information content (AvgIpc) is 3.21. The number of likely N-dealkylation sites (tertiary alicyclic amines) is 1. The molecule has 1 N–H and O–H groups in total. The molecule has 8 heteroatoms. The lowest BCUT2D eigenvalue weighted by Gasteiger charge is -2.37. The van der Waals surface area contributed by atoms with Gasteiger partial charge in [-0.25, -0.2) is 4.98 Å². The molecule has 0 bridgehead atoms. The van der Waals surface area contributed by atoms with E-state index in [4.69, 9.17) is 9.47 Å². The summed E-state index contributed by atoms with van der Waals surface area (Å²) in [6.45, 7) is 6.05. The molecule has 1 aliphatic rings. The lowest BCUT2D eigenvalue weighted by atomic mass is 9.94. The Hall–Kier alpha value is -2.32. The van der Waals surface area contributed by atoms with Crippen molar-refractivity contribution in [1.82, 2.24) is 19.5 Å². The molecule has 150 valence electrons. The molecule has 3 aromatic rings. The van der Waals surface area contributed by atoms with Crippen LogP contribution in [0.2, 0.25) is 0 Å². The molecule has 0 amide bonds. The zero-order valence-electron chi connectivity index (χ0n) is 16.7. The van der Waals surface area contributed by atoms with Gasteiger partial charge in [0, 0.05) is 11.6 Å². The number of aryl methyl sites for hydroxylation is 1. The highest BCUT2D eigenvalue weighted by molar-refractivity contribution is 7.17. The highest BCUT2D eigenvalue weighted by Gasteiger charge is 2.33. The summed E-state index contributed by atoms with van der Waals surface area (Å²) in [5, 5.41) is 15.3. The maximum Gasteiger partial charge on any atom is 0.230 e. The Morgan fingerprint density at radius 2 is 1.96 bits per heavy atom. The van der Waals surface area contributed by atoms with Crippen molar-refractivity contribution in [3.8, 4) is 17.4 Å². The van der Waals surface area contributed by atoms with E-state index in [-0.39, 0.29) is 11.9 Å². The topological polar surface area (TPSA) is 72.1 Å². The summed E-state index contributed by atoms with van der Waals surface area (Å²) in [4.78, 5) is 8.40. The number of piperidine rings is 1. The zero-order chi connectivity index (χ0) is 19.8. The second kappa shape index (κ2) is 7.60. The van der Waals surface area contributed by atoms with Crippen LogP contribution in [0, 0.1) is 12.8 Å². The Labute approximate surface area is 168 Å². The van der Waals surface area contributed by atoms with Gasteiger partial charge in [0.25, 0.3) is 0 Å². The molecule has 3 heterocycles. The molecule has 1 fully saturated rings. The van der Waals surface area contributed by atoms with Crippen molar-refractivity contribution < 1.29 is 14.6 Å². The molecule has 28 heavy (non-hydrogen) atoms. The maximum absolute atomic E-state index is 11.0. The molecule has 1 aromatic carbocycles. The fourth-order valence-corrected chi connectivity index (χ4v) is 5.01. The Morgan fingerprint density at radius 3 is 2.61 bits per heavy atom. The summed E-state index contributed by atoms with van der Waals surface area (Å²) in [7, 11) is 3.31. The van der Waals surface area contributed by atoms with Crippen LogP contribution in [0.5, 0.6) is 17.4 Å². The molecule has 0 unspecified atom stereocenters. The number of hydrogen-bond donors (Lipinski definition) is 1. The van der Waals surface area contributed by atoms with Crippen molar-refractivity contribution in [2.45, 2.75) is 32.7 Å². The van der Waals surface area contributed by atoms with Crippen LogP contribution in [0.15, 0.2) is 18.2 Å². The second-order valence-electron chi connectivity index (χ2n) is 7.37. The van der Waals surface area contributed by atoms with E-state index >= 15 is 0 Å². The van der Waals surface area contributed by atoms with Gasteiger partial charge in [0.15, 0.2) is 0 Å². The van der Waals surface area contributed by atoms with Crippen LogP contribution in [0.25, 0.3) is 4.96 Å². The first-order chi connectivity index (χ1) is 13.5. The number of fused-ring (bicyclic) bond motifs is 1. The summed E-state index contributed by atoms with van der Waals surface area (Å²) in [6.07, 6.45) is 2.27. The number of aromatic nitrogens is 3. The van der Waals surface area contributed by atoms with Gasteiger partial charge < -0.3 is 14.6 Å². The van der Waals surface area contributed by atoms with Gasteiger partial charge in [-0.15, -0.1) is 5.10 Å². The van der Waals surface area contributed by atoms with E-state index in [9.17, 15) is 5.11 Å². The molecule has 0 saturated carbocycles. The van der Waals surface area contributed by atoms with Crippen LogP contribution >= 0.6 is 11.3 Å². The highest BCUT2D eigenvalue weighted by atomic mass is 32.1. The van der Waals surface area contributed by atoms with Crippen molar-refractivity contribution in [2.24, 2.45) is 5.92 Å². The lowest BCUT2D eigenvalue weighted by Crippen LogP contribution is -2.36. The Kier molecular flexibility index (Phi) is 5.16. The van der Waals surface area contributed by atoms with Gasteiger partial charge in [0.05, 0.1) is 25.1 Å². The molecule has 1 saturated heterocycles.